The zero-order valence-electron chi connectivity index (χ0n) is 19.6. The summed E-state index contributed by atoms with van der Waals surface area (Å²) in [5, 5.41) is 10.0. The monoisotopic (exact) mass is 492 g/mol. The number of benzene rings is 2. The highest BCUT2D eigenvalue weighted by Gasteiger charge is 2.40. The SMILES string of the molecule is CC(C)(Cc1ccccc1)N(C(=O)c1ccc(-c2ccc(C=O)s2)cc1)[C@@H](CCC(N)=O)C(=O)O. The molecule has 35 heavy (non-hydrogen) atoms. The van der Waals surface area contributed by atoms with Crippen molar-refractivity contribution in [2.45, 2.75) is 44.7 Å². The van der Waals surface area contributed by atoms with E-state index in [0.717, 1.165) is 22.3 Å². The summed E-state index contributed by atoms with van der Waals surface area (Å²) in [5.74, 6) is -2.27. The van der Waals surface area contributed by atoms with E-state index in [0.29, 0.717) is 16.9 Å². The molecule has 1 heterocycles. The number of carbonyl (C=O) groups excluding carboxylic acids is 3. The van der Waals surface area contributed by atoms with Gasteiger partial charge in [0, 0.05) is 22.4 Å². The molecular weight excluding hydrogens is 464 g/mol. The second kappa shape index (κ2) is 11.1. The van der Waals surface area contributed by atoms with Crippen LogP contribution in [-0.4, -0.2) is 45.7 Å². The van der Waals surface area contributed by atoms with Crippen molar-refractivity contribution < 1.29 is 24.3 Å². The number of thiophene rings is 1. The lowest BCUT2D eigenvalue weighted by Crippen LogP contribution is -2.57. The Hall–Kier alpha value is -3.78. The lowest BCUT2D eigenvalue weighted by Gasteiger charge is -2.42. The topological polar surface area (TPSA) is 118 Å². The summed E-state index contributed by atoms with van der Waals surface area (Å²) < 4.78 is 0. The fourth-order valence-corrected chi connectivity index (χ4v) is 4.98. The van der Waals surface area contributed by atoms with E-state index in [1.807, 2.05) is 50.2 Å². The number of carboxylic acid groups (broad SMARTS) is 1. The van der Waals surface area contributed by atoms with Crippen LogP contribution in [0, 0.1) is 0 Å². The lowest BCUT2D eigenvalue weighted by molar-refractivity contribution is -0.144. The number of carbonyl (C=O) groups is 4. The Morgan fingerprint density at radius 3 is 2.23 bits per heavy atom. The van der Waals surface area contributed by atoms with E-state index in [2.05, 4.69) is 0 Å². The molecule has 3 rings (SSSR count). The van der Waals surface area contributed by atoms with E-state index >= 15 is 0 Å². The fourth-order valence-electron chi connectivity index (χ4n) is 4.15. The van der Waals surface area contributed by atoms with Gasteiger partial charge in [0.1, 0.15) is 6.04 Å². The Bertz CT molecular complexity index is 1200. The summed E-state index contributed by atoms with van der Waals surface area (Å²) in [5.41, 5.74) is 6.53. The average molecular weight is 493 g/mol. The molecule has 0 aliphatic carbocycles. The molecule has 0 fully saturated rings. The van der Waals surface area contributed by atoms with E-state index in [1.54, 1.807) is 30.3 Å². The third kappa shape index (κ3) is 6.42. The summed E-state index contributed by atoms with van der Waals surface area (Å²) >= 11 is 1.35. The zero-order valence-corrected chi connectivity index (χ0v) is 20.5. The van der Waals surface area contributed by atoms with Crippen molar-refractivity contribution in [1.29, 1.82) is 0 Å². The van der Waals surface area contributed by atoms with Crippen molar-refractivity contribution in [3.8, 4) is 10.4 Å². The first-order valence-electron chi connectivity index (χ1n) is 11.2. The molecule has 0 aliphatic rings. The molecule has 0 bridgehead atoms. The van der Waals surface area contributed by atoms with E-state index in [1.165, 1.54) is 16.2 Å². The minimum Gasteiger partial charge on any atom is -0.480 e. The molecule has 1 aromatic heterocycles. The van der Waals surface area contributed by atoms with Gasteiger partial charge < -0.3 is 15.7 Å². The standard InChI is InChI=1S/C27H28N2O5S/c1-27(2,16-18-6-4-3-5-7-18)29(22(26(33)34)13-15-24(28)31)25(32)20-10-8-19(9-11-20)23-14-12-21(17-30)35-23/h3-12,14,17,22H,13,15-16H2,1-2H3,(H2,28,31)(H,33,34)/t22-/m0/s1. The van der Waals surface area contributed by atoms with Gasteiger partial charge in [0.05, 0.1) is 4.88 Å². The molecular formula is C27H28N2O5S. The van der Waals surface area contributed by atoms with Gasteiger partial charge in [-0.3, -0.25) is 14.4 Å². The predicted octanol–water partition coefficient (Wildman–Crippen LogP) is 4.41. The Morgan fingerprint density at radius 1 is 1.03 bits per heavy atom. The summed E-state index contributed by atoms with van der Waals surface area (Å²) in [6.45, 7) is 3.64. The van der Waals surface area contributed by atoms with E-state index in [-0.39, 0.29) is 12.8 Å². The zero-order chi connectivity index (χ0) is 25.6. The second-order valence-electron chi connectivity index (χ2n) is 8.91. The molecule has 8 heteroatoms. The van der Waals surface area contributed by atoms with E-state index in [9.17, 15) is 24.3 Å². The number of amides is 2. The van der Waals surface area contributed by atoms with Crippen LogP contribution in [0.5, 0.6) is 0 Å². The first-order valence-corrected chi connectivity index (χ1v) is 12.0. The van der Waals surface area contributed by atoms with E-state index in [4.69, 9.17) is 5.73 Å². The molecule has 3 aromatic rings. The number of hydrogen-bond acceptors (Lipinski definition) is 5. The largest absolute Gasteiger partial charge is 0.480 e. The average Bonchev–Trinajstić information content (AvgIpc) is 3.30. The number of rotatable bonds is 11. The number of aldehydes is 1. The number of carboxylic acids is 1. The Kier molecular flexibility index (Phi) is 8.19. The molecule has 0 spiro atoms. The minimum absolute atomic E-state index is 0.0869. The Balaban J connectivity index is 1.97. The van der Waals surface area contributed by atoms with Gasteiger partial charge in [0.15, 0.2) is 6.29 Å². The maximum atomic E-state index is 13.8. The predicted molar refractivity (Wildman–Crippen MR) is 135 cm³/mol. The van der Waals surface area contributed by atoms with Gasteiger partial charge >= 0.3 is 5.97 Å². The van der Waals surface area contributed by atoms with Gasteiger partial charge in [-0.2, -0.15) is 0 Å². The highest BCUT2D eigenvalue weighted by atomic mass is 32.1. The van der Waals surface area contributed by atoms with Gasteiger partial charge in [-0.05, 0) is 62.1 Å². The summed E-state index contributed by atoms with van der Waals surface area (Å²) in [4.78, 5) is 51.3. The molecule has 0 aliphatic heterocycles. The normalized spacial score (nSPS) is 12.1. The Morgan fingerprint density at radius 2 is 1.69 bits per heavy atom. The lowest BCUT2D eigenvalue weighted by atomic mass is 9.89. The van der Waals surface area contributed by atoms with Crippen LogP contribution in [0.3, 0.4) is 0 Å². The van der Waals surface area contributed by atoms with Crippen molar-refractivity contribution in [2.24, 2.45) is 5.73 Å². The third-order valence-corrected chi connectivity index (χ3v) is 6.83. The summed E-state index contributed by atoms with van der Waals surface area (Å²) in [6, 6.07) is 18.7. The highest BCUT2D eigenvalue weighted by molar-refractivity contribution is 7.17. The summed E-state index contributed by atoms with van der Waals surface area (Å²) in [7, 11) is 0. The maximum absolute atomic E-state index is 13.8. The van der Waals surface area contributed by atoms with Crippen LogP contribution in [0.4, 0.5) is 0 Å². The van der Waals surface area contributed by atoms with Crippen LogP contribution < -0.4 is 5.73 Å². The van der Waals surface area contributed by atoms with Gasteiger partial charge in [-0.25, -0.2) is 4.79 Å². The summed E-state index contributed by atoms with van der Waals surface area (Å²) in [6.07, 6.45) is 0.966. The van der Waals surface area contributed by atoms with Gasteiger partial charge in [0.2, 0.25) is 5.91 Å². The molecule has 182 valence electrons. The number of nitrogens with two attached hydrogens (primary N) is 1. The van der Waals surface area contributed by atoms with Crippen molar-refractivity contribution in [2.75, 3.05) is 0 Å². The number of primary amides is 1. The molecule has 1 atom stereocenters. The minimum atomic E-state index is -1.24. The molecule has 0 unspecified atom stereocenters. The first-order chi connectivity index (χ1) is 16.6. The van der Waals surface area contributed by atoms with Crippen molar-refractivity contribution in [3.05, 3.63) is 82.7 Å². The Labute approximate surface area is 208 Å². The van der Waals surface area contributed by atoms with Crippen LogP contribution in [-0.2, 0) is 16.0 Å². The van der Waals surface area contributed by atoms with Gasteiger partial charge in [-0.15, -0.1) is 11.3 Å². The number of aliphatic carboxylic acids is 1. The molecule has 0 radical (unpaired) electrons. The van der Waals surface area contributed by atoms with Gasteiger partial charge in [-0.1, -0.05) is 42.5 Å². The van der Waals surface area contributed by atoms with Crippen molar-refractivity contribution >= 4 is 35.4 Å². The van der Waals surface area contributed by atoms with Crippen molar-refractivity contribution in [3.63, 3.8) is 0 Å². The first kappa shape index (κ1) is 25.8. The van der Waals surface area contributed by atoms with Crippen LogP contribution >= 0.6 is 11.3 Å². The highest BCUT2D eigenvalue weighted by Crippen LogP contribution is 2.30. The molecule has 0 saturated carbocycles. The van der Waals surface area contributed by atoms with Crippen LogP contribution in [0.2, 0.25) is 0 Å². The quantitative estimate of drug-likeness (QED) is 0.385. The smallest absolute Gasteiger partial charge is 0.326 e. The van der Waals surface area contributed by atoms with Crippen molar-refractivity contribution in [1.82, 2.24) is 4.90 Å². The van der Waals surface area contributed by atoms with Crippen LogP contribution in [0.1, 0.15) is 52.3 Å². The molecule has 7 nitrogen and oxygen atoms in total. The van der Waals surface area contributed by atoms with Crippen LogP contribution in [0.15, 0.2) is 66.7 Å². The third-order valence-electron chi connectivity index (χ3n) is 5.77. The van der Waals surface area contributed by atoms with E-state index < -0.39 is 29.4 Å². The van der Waals surface area contributed by atoms with Gasteiger partial charge in [0.25, 0.3) is 5.91 Å². The van der Waals surface area contributed by atoms with Crippen LogP contribution in [0.25, 0.3) is 10.4 Å². The molecule has 2 amide bonds. The maximum Gasteiger partial charge on any atom is 0.326 e. The number of hydrogen-bond donors (Lipinski definition) is 2. The number of nitrogens with zero attached hydrogens (tertiary/aromatic N) is 1. The molecule has 0 saturated heterocycles. The molecule has 2 aromatic carbocycles. The fraction of sp³-hybridized carbons (Fsp3) is 0.259. The second-order valence-corrected chi connectivity index (χ2v) is 10.0. The molecule has 3 N–H and O–H groups in total.